The summed E-state index contributed by atoms with van der Waals surface area (Å²) >= 11 is 1.04. The highest BCUT2D eigenvalue weighted by Crippen LogP contribution is 2.06. The molecule has 65 valence electrons. The van der Waals surface area contributed by atoms with Gasteiger partial charge in [0.1, 0.15) is 0 Å². The maximum absolute atomic E-state index is 9.87. The largest absolute Gasteiger partial charge is 0.282 e. The summed E-state index contributed by atoms with van der Waals surface area (Å²) in [6.07, 6.45) is 4.68. The topological polar surface area (TPSA) is 29.1 Å². The standard InChI is InChI=1S/C8H16NOS/c1-3-5-6-8(4-2)9-11-7-10/h8-9H,3-6H2,1-2H3. The van der Waals surface area contributed by atoms with Gasteiger partial charge < -0.3 is 0 Å². The van der Waals surface area contributed by atoms with Gasteiger partial charge in [0.2, 0.25) is 0 Å². The summed E-state index contributed by atoms with van der Waals surface area (Å²) in [5.74, 6) is 0. The number of hydrogen-bond acceptors (Lipinski definition) is 3. The minimum atomic E-state index is 0.474. The molecule has 0 spiro atoms. The third-order valence-electron chi connectivity index (χ3n) is 1.67. The van der Waals surface area contributed by atoms with Crippen molar-refractivity contribution in [3.63, 3.8) is 0 Å². The molecule has 0 aliphatic heterocycles. The number of nitrogens with one attached hydrogen (secondary N) is 1. The van der Waals surface area contributed by atoms with Crippen LogP contribution in [0.15, 0.2) is 0 Å². The Hall–Kier alpha value is -0.0200. The second kappa shape index (κ2) is 8.08. The van der Waals surface area contributed by atoms with Crippen LogP contribution in [0.5, 0.6) is 0 Å². The van der Waals surface area contributed by atoms with E-state index in [1.165, 1.54) is 12.8 Å². The Morgan fingerprint density at radius 1 is 1.55 bits per heavy atom. The normalized spacial score (nSPS) is 12.9. The summed E-state index contributed by atoms with van der Waals surface area (Å²) in [4.78, 5) is 9.87. The van der Waals surface area contributed by atoms with Gasteiger partial charge in [-0.05, 0) is 12.8 Å². The predicted octanol–water partition coefficient (Wildman–Crippen LogP) is 2.26. The lowest BCUT2D eigenvalue weighted by atomic mass is 10.1. The molecule has 0 heterocycles. The maximum atomic E-state index is 9.87. The molecule has 1 radical (unpaired) electrons. The minimum Gasteiger partial charge on any atom is -0.276 e. The molecule has 0 amide bonds. The van der Waals surface area contributed by atoms with Gasteiger partial charge >= 0.3 is 0 Å². The summed E-state index contributed by atoms with van der Waals surface area (Å²) in [5.41, 5.74) is 1.76. The number of rotatable bonds is 7. The molecule has 0 bridgehead atoms. The van der Waals surface area contributed by atoms with Crippen LogP contribution in [-0.4, -0.2) is 11.7 Å². The molecule has 0 fully saturated rings. The van der Waals surface area contributed by atoms with Crippen LogP contribution in [0.3, 0.4) is 0 Å². The summed E-state index contributed by atoms with van der Waals surface area (Å²) in [6.45, 7) is 4.30. The Bertz CT molecular complexity index is 98.1. The predicted molar refractivity (Wildman–Crippen MR) is 50.0 cm³/mol. The van der Waals surface area contributed by atoms with Crippen LogP contribution in [0, 0.1) is 0 Å². The van der Waals surface area contributed by atoms with E-state index >= 15 is 0 Å². The van der Waals surface area contributed by atoms with E-state index in [9.17, 15) is 4.79 Å². The van der Waals surface area contributed by atoms with Crippen LogP contribution in [-0.2, 0) is 4.79 Å². The van der Waals surface area contributed by atoms with Gasteiger partial charge in [-0.25, -0.2) is 0 Å². The molecule has 0 saturated carbocycles. The Morgan fingerprint density at radius 3 is 2.73 bits per heavy atom. The lowest BCUT2D eigenvalue weighted by Crippen LogP contribution is -2.21. The van der Waals surface area contributed by atoms with Crippen LogP contribution in [0.2, 0.25) is 0 Å². The fourth-order valence-electron chi connectivity index (χ4n) is 0.904. The molecule has 1 N–H and O–H groups in total. The van der Waals surface area contributed by atoms with Crippen molar-refractivity contribution in [2.75, 3.05) is 0 Å². The second-order valence-corrected chi connectivity index (χ2v) is 3.16. The van der Waals surface area contributed by atoms with Crippen molar-refractivity contribution in [2.24, 2.45) is 0 Å². The van der Waals surface area contributed by atoms with E-state index in [1.807, 2.05) is 0 Å². The van der Waals surface area contributed by atoms with Crippen LogP contribution in [0.25, 0.3) is 0 Å². The quantitative estimate of drug-likeness (QED) is 0.600. The van der Waals surface area contributed by atoms with Gasteiger partial charge in [0.25, 0.3) is 5.62 Å². The first-order valence-corrected chi connectivity index (χ1v) is 4.95. The van der Waals surface area contributed by atoms with Gasteiger partial charge in [0.05, 0.1) is 0 Å². The lowest BCUT2D eigenvalue weighted by molar-refractivity contribution is 0.534. The molecular formula is C8H16NOS. The first-order chi connectivity index (χ1) is 5.35. The first kappa shape index (κ1) is 11.0. The molecule has 1 atom stereocenters. The van der Waals surface area contributed by atoms with Crippen molar-refractivity contribution < 1.29 is 4.79 Å². The average molecular weight is 174 g/mol. The smallest absolute Gasteiger partial charge is 0.276 e. The van der Waals surface area contributed by atoms with Crippen LogP contribution < -0.4 is 4.72 Å². The van der Waals surface area contributed by atoms with E-state index in [-0.39, 0.29) is 0 Å². The molecule has 0 aliphatic carbocycles. The molecule has 11 heavy (non-hydrogen) atoms. The van der Waals surface area contributed by atoms with Crippen LogP contribution in [0.4, 0.5) is 0 Å². The van der Waals surface area contributed by atoms with Crippen molar-refractivity contribution in [3.05, 3.63) is 0 Å². The van der Waals surface area contributed by atoms with E-state index < -0.39 is 0 Å². The maximum Gasteiger partial charge on any atom is 0.282 e. The highest BCUT2D eigenvalue weighted by atomic mass is 32.2. The number of hydrogen-bond donors (Lipinski definition) is 1. The zero-order valence-corrected chi connectivity index (χ0v) is 8.04. The van der Waals surface area contributed by atoms with E-state index in [2.05, 4.69) is 18.6 Å². The fourth-order valence-corrected chi connectivity index (χ4v) is 1.40. The fraction of sp³-hybridized carbons (Fsp3) is 0.875. The van der Waals surface area contributed by atoms with Gasteiger partial charge in [-0.2, -0.15) is 0 Å². The zero-order valence-electron chi connectivity index (χ0n) is 7.22. The molecule has 2 nitrogen and oxygen atoms in total. The third-order valence-corrected chi connectivity index (χ3v) is 2.20. The van der Waals surface area contributed by atoms with Gasteiger partial charge in [-0.15, -0.1) is 0 Å². The van der Waals surface area contributed by atoms with Gasteiger partial charge in [0, 0.05) is 18.0 Å². The van der Waals surface area contributed by atoms with Gasteiger partial charge in [-0.3, -0.25) is 9.52 Å². The van der Waals surface area contributed by atoms with Crippen molar-refractivity contribution in [1.82, 2.24) is 4.72 Å². The van der Waals surface area contributed by atoms with Gasteiger partial charge in [-0.1, -0.05) is 26.7 Å². The molecule has 0 aliphatic rings. The average Bonchev–Trinajstić information content (AvgIpc) is 2.05. The Morgan fingerprint density at radius 2 is 2.27 bits per heavy atom. The Balaban J connectivity index is 3.32. The molecule has 1 unspecified atom stereocenters. The number of unbranched alkanes of at least 4 members (excludes halogenated alkanes) is 1. The lowest BCUT2D eigenvalue weighted by Gasteiger charge is -2.12. The Kier molecular flexibility index (Phi) is 8.07. The Labute approximate surface area is 73.3 Å². The first-order valence-electron chi connectivity index (χ1n) is 4.13. The van der Waals surface area contributed by atoms with Crippen LogP contribution >= 0.6 is 11.9 Å². The number of carbonyl (C=O) groups excluding carboxylic acids is 1. The highest BCUT2D eigenvalue weighted by molar-refractivity contribution is 8.10. The molecular weight excluding hydrogens is 158 g/mol. The van der Waals surface area contributed by atoms with E-state index in [4.69, 9.17) is 0 Å². The van der Waals surface area contributed by atoms with Crippen molar-refractivity contribution in [1.29, 1.82) is 0 Å². The zero-order chi connectivity index (χ0) is 8.53. The molecule has 0 aromatic rings. The van der Waals surface area contributed by atoms with E-state index in [0.717, 1.165) is 24.8 Å². The molecule has 0 rings (SSSR count). The van der Waals surface area contributed by atoms with E-state index in [1.54, 1.807) is 5.62 Å². The molecule has 3 heteroatoms. The van der Waals surface area contributed by atoms with Crippen molar-refractivity contribution >= 4 is 17.6 Å². The van der Waals surface area contributed by atoms with Gasteiger partial charge in [0.15, 0.2) is 0 Å². The summed E-state index contributed by atoms with van der Waals surface area (Å²) in [7, 11) is 0. The monoisotopic (exact) mass is 174 g/mol. The SMILES string of the molecule is CCCCC(CC)NS[C]=O. The summed E-state index contributed by atoms with van der Waals surface area (Å²) in [5, 5.41) is 0. The van der Waals surface area contributed by atoms with E-state index in [0.29, 0.717) is 6.04 Å². The second-order valence-electron chi connectivity index (χ2n) is 2.55. The van der Waals surface area contributed by atoms with Crippen molar-refractivity contribution in [2.45, 2.75) is 45.6 Å². The van der Waals surface area contributed by atoms with Crippen LogP contribution in [0.1, 0.15) is 39.5 Å². The molecule has 0 aromatic heterocycles. The summed E-state index contributed by atoms with van der Waals surface area (Å²) < 4.78 is 3.05. The minimum absolute atomic E-state index is 0.474. The summed E-state index contributed by atoms with van der Waals surface area (Å²) in [6, 6.07) is 0.474. The third kappa shape index (κ3) is 6.38. The van der Waals surface area contributed by atoms with Crippen molar-refractivity contribution in [3.8, 4) is 0 Å². The highest BCUT2D eigenvalue weighted by Gasteiger charge is 2.03. The molecule has 0 saturated heterocycles. The molecule has 0 aromatic carbocycles.